The summed E-state index contributed by atoms with van der Waals surface area (Å²) in [7, 11) is 0. The highest BCUT2D eigenvalue weighted by Crippen LogP contribution is 2.32. The van der Waals surface area contributed by atoms with Crippen LogP contribution >= 0.6 is 0 Å². The minimum atomic E-state index is 0.106. The van der Waals surface area contributed by atoms with Crippen LogP contribution in [0.3, 0.4) is 0 Å². The zero-order chi connectivity index (χ0) is 22.8. The predicted octanol–water partition coefficient (Wildman–Crippen LogP) is 7.53. The molecule has 0 spiro atoms. The van der Waals surface area contributed by atoms with E-state index in [1.165, 1.54) is 16.7 Å². The van der Waals surface area contributed by atoms with Gasteiger partial charge >= 0.3 is 0 Å². The van der Waals surface area contributed by atoms with Gasteiger partial charge in [-0.05, 0) is 40.7 Å². The quantitative estimate of drug-likeness (QED) is 0.314. The molecule has 0 radical (unpaired) electrons. The molecule has 0 amide bonds. The summed E-state index contributed by atoms with van der Waals surface area (Å²) in [5.74, 6) is 1.63. The Morgan fingerprint density at radius 1 is 0.697 bits per heavy atom. The number of aromatic nitrogens is 3. The van der Waals surface area contributed by atoms with Gasteiger partial charge < -0.3 is 0 Å². The molecule has 0 unspecified atom stereocenters. The van der Waals surface area contributed by atoms with Crippen molar-refractivity contribution in [3.05, 3.63) is 108 Å². The van der Waals surface area contributed by atoms with E-state index in [0.29, 0.717) is 0 Å². The number of hydrogen-bond acceptors (Lipinski definition) is 2. The summed E-state index contributed by atoms with van der Waals surface area (Å²) in [6.45, 7) is 6.68. The highest BCUT2D eigenvalue weighted by molar-refractivity contribution is 5.75. The van der Waals surface area contributed by atoms with Crippen LogP contribution in [0, 0.1) is 0 Å². The smallest absolute Gasteiger partial charge is 0.169 e. The molecule has 0 bridgehead atoms. The van der Waals surface area contributed by atoms with Crippen LogP contribution in [0.2, 0.25) is 0 Å². The zero-order valence-corrected chi connectivity index (χ0v) is 19.3. The highest BCUT2D eigenvalue weighted by Gasteiger charge is 2.19. The number of allylic oxidation sites excluding steroid dienone is 3. The van der Waals surface area contributed by atoms with E-state index < -0.39 is 0 Å². The molecule has 0 saturated heterocycles. The van der Waals surface area contributed by atoms with E-state index >= 15 is 0 Å². The maximum absolute atomic E-state index is 4.62. The number of hydrogen-bond donors (Lipinski definition) is 0. The average molecular weight is 430 g/mol. The largest absolute Gasteiger partial charge is 0.268 e. The van der Waals surface area contributed by atoms with E-state index in [1.54, 1.807) is 0 Å². The van der Waals surface area contributed by atoms with Gasteiger partial charge in [-0.3, -0.25) is 4.57 Å². The second kappa shape index (κ2) is 8.54. The summed E-state index contributed by atoms with van der Waals surface area (Å²) in [4.78, 5) is 0. The van der Waals surface area contributed by atoms with E-state index in [1.807, 2.05) is 12.1 Å². The van der Waals surface area contributed by atoms with Gasteiger partial charge in [-0.25, -0.2) is 0 Å². The first-order chi connectivity index (χ1) is 16.0. The normalized spacial score (nSPS) is 13.2. The molecule has 0 N–H and O–H groups in total. The molecule has 4 aromatic rings. The molecule has 3 heteroatoms. The van der Waals surface area contributed by atoms with Crippen molar-refractivity contribution >= 4 is 5.70 Å². The second-order valence-electron chi connectivity index (χ2n) is 9.33. The molecule has 1 aliphatic rings. The van der Waals surface area contributed by atoms with Gasteiger partial charge in [0.05, 0.1) is 5.70 Å². The van der Waals surface area contributed by atoms with Crippen LogP contribution in [0.25, 0.3) is 39.6 Å². The van der Waals surface area contributed by atoms with Crippen molar-refractivity contribution in [1.82, 2.24) is 14.8 Å². The molecule has 1 aromatic heterocycles. The fraction of sp³-hybridized carbons (Fsp3) is 0.167. The van der Waals surface area contributed by atoms with Gasteiger partial charge in [0.25, 0.3) is 0 Å². The lowest BCUT2D eigenvalue weighted by atomic mass is 9.86. The first-order valence-electron chi connectivity index (χ1n) is 11.3. The average Bonchev–Trinajstić information content (AvgIpc) is 3.30. The lowest BCUT2D eigenvalue weighted by molar-refractivity contribution is 0.590. The Hall–Kier alpha value is -3.94. The SMILES string of the molecule is CC(C)(C)c1ccc(-c2nnc(-c3ccc(-c4ccccc4)cc3)n2C2=C=CCC=C2)cc1. The molecule has 33 heavy (non-hydrogen) atoms. The highest BCUT2D eigenvalue weighted by atomic mass is 15.3. The van der Waals surface area contributed by atoms with Crippen LogP contribution in [0.15, 0.2) is 103 Å². The summed E-state index contributed by atoms with van der Waals surface area (Å²) in [6.07, 6.45) is 7.17. The van der Waals surface area contributed by atoms with Crippen molar-refractivity contribution in [2.45, 2.75) is 32.6 Å². The van der Waals surface area contributed by atoms with Crippen molar-refractivity contribution in [1.29, 1.82) is 0 Å². The molecule has 5 rings (SSSR count). The molecule has 0 fully saturated rings. The molecule has 0 saturated carbocycles. The van der Waals surface area contributed by atoms with Gasteiger partial charge in [0.2, 0.25) is 0 Å². The van der Waals surface area contributed by atoms with Crippen LogP contribution in [0.1, 0.15) is 32.8 Å². The van der Waals surface area contributed by atoms with Crippen LogP contribution in [-0.4, -0.2) is 14.8 Å². The van der Waals surface area contributed by atoms with Crippen molar-refractivity contribution in [3.8, 4) is 33.9 Å². The van der Waals surface area contributed by atoms with E-state index in [9.17, 15) is 0 Å². The van der Waals surface area contributed by atoms with Gasteiger partial charge in [-0.2, -0.15) is 0 Å². The van der Waals surface area contributed by atoms with Crippen molar-refractivity contribution < 1.29 is 0 Å². The van der Waals surface area contributed by atoms with E-state index in [2.05, 4.69) is 126 Å². The van der Waals surface area contributed by atoms with Gasteiger partial charge in [0.15, 0.2) is 11.6 Å². The number of benzene rings is 3. The predicted molar refractivity (Wildman–Crippen MR) is 137 cm³/mol. The first-order valence-corrected chi connectivity index (χ1v) is 11.3. The Morgan fingerprint density at radius 2 is 1.24 bits per heavy atom. The maximum Gasteiger partial charge on any atom is 0.169 e. The van der Waals surface area contributed by atoms with Crippen molar-refractivity contribution in [2.24, 2.45) is 0 Å². The van der Waals surface area contributed by atoms with Gasteiger partial charge in [0.1, 0.15) is 0 Å². The molecule has 3 aromatic carbocycles. The van der Waals surface area contributed by atoms with Crippen molar-refractivity contribution in [3.63, 3.8) is 0 Å². The third-order valence-electron chi connectivity index (χ3n) is 5.94. The maximum atomic E-state index is 4.62. The molecule has 0 atom stereocenters. The van der Waals surface area contributed by atoms with Gasteiger partial charge in [-0.1, -0.05) is 111 Å². The standard InChI is InChI=1S/C30H27N3/c1-30(2,3)26-20-18-25(19-21-26)29-32-31-28(33(29)27-12-8-5-9-13-27)24-16-14-23(15-17-24)22-10-6-4-7-11-22/h4,6-12,14-21H,5H2,1-3H3. The van der Waals surface area contributed by atoms with E-state index in [4.69, 9.17) is 0 Å². The Morgan fingerprint density at radius 3 is 1.79 bits per heavy atom. The topological polar surface area (TPSA) is 30.7 Å². The third-order valence-corrected chi connectivity index (χ3v) is 5.94. The molecule has 1 aliphatic carbocycles. The Labute approximate surface area is 195 Å². The van der Waals surface area contributed by atoms with Crippen LogP contribution in [0.4, 0.5) is 0 Å². The monoisotopic (exact) mass is 429 g/mol. The van der Waals surface area contributed by atoms with Gasteiger partial charge in [-0.15, -0.1) is 10.2 Å². The Kier molecular flexibility index (Phi) is 5.42. The number of nitrogens with zero attached hydrogens (tertiary/aromatic N) is 3. The number of rotatable bonds is 4. The summed E-state index contributed by atoms with van der Waals surface area (Å²) in [6, 6.07) is 27.6. The fourth-order valence-electron chi connectivity index (χ4n) is 4.05. The second-order valence-corrected chi connectivity index (χ2v) is 9.33. The Balaban J connectivity index is 1.60. The third kappa shape index (κ3) is 4.24. The summed E-state index contributed by atoms with van der Waals surface area (Å²) in [5, 5.41) is 9.23. The molecule has 1 heterocycles. The van der Waals surface area contributed by atoms with E-state index in [-0.39, 0.29) is 5.41 Å². The molecule has 0 aliphatic heterocycles. The van der Waals surface area contributed by atoms with Crippen molar-refractivity contribution in [2.75, 3.05) is 0 Å². The minimum absolute atomic E-state index is 0.106. The fourth-order valence-corrected chi connectivity index (χ4v) is 4.05. The Bertz CT molecular complexity index is 1360. The molecule has 162 valence electrons. The zero-order valence-electron chi connectivity index (χ0n) is 19.3. The van der Waals surface area contributed by atoms with Crippen LogP contribution in [0.5, 0.6) is 0 Å². The lowest BCUT2D eigenvalue weighted by Gasteiger charge is -2.19. The molecule has 3 nitrogen and oxygen atoms in total. The van der Waals surface area contributed by atoms with Crippen LogP contribution in [-0.2, 0) is 5.41 Å². The van der Waals surface area contributed by atoms with Gasteiger partial charge in [0, 0.05) is 11.1 Å². The molecular formula is C30H27N3. The minimum Gasteiger partial charge on any atom is -0.268 e. The summed E-state index contributed by atoms with van der Waals surface area (Å²) >= 11 is 0. The first kappa shape index (κ1) is 20.9. The van der Waals surface area contributed by atoms with Crippen LogP contribution < -0.4 is 0 Å². The lowest BCUT2D eigenvalue weighted by Crippen LogP contribution is -2.10. The summed E-state index contributed by atoms with van der Waals surface area (Å²) in [5.41, 5.74) is 10.2. The molecular weight excluding hydrogens is 402 g/mol. The summed E-state index contributed by atoms with van der Waals surface area (Å²) < 4.78 is 2.11. The van der Waals surface area contributed by atoms with E-state index in [0.717, 1.165) is 34.9 Å².